The number of nitrogens with zero attached hydrogens (tertiary/aromatic N) is 1. The Morgan fingerprint density at radius 2 is 1.94 bits per heavy atom. The van der Waals surface area contributed by atoms with Gasteiger partial charge >= 0.3 is 5.97 Å². The Kier molecular flexibility index (Phi) is 2.27. The van der Waals surface area contributed by atoms with Crippen LogP contribution < -0.4 is 0 Å². The van der Waals surface area contributed by atoms with Crippen LogP contribution in [0.15, 0.2) is 30.8 Å². The monoisotopic (exact) mass is 217 g/mol. The van der Waals surface area contributed by atoms with Gasteiger partial charge in [-0.1, -0.05) is 24.8 Å². The number of aliphatic carboxylic acids is 1. The highest BCUT2D eigenvalue weighted by atomic mass is 16.4. The summed E-state index contributed by atoms with van der Waals surface area (Å²) in [4.78, 5) is 24.1. The molecule has 1 aliphatic rings. The summed E-state index contributed by atoms with van der Waals surface area (Å²) in [7, 11) is 0. The fourth-order valence-corrected chi connectivity index (χ4v) is 1.82. The molecule has 1 N–H and O–H groups in total. The highest BCUT2D eigenvalue weighted by molar-refractivity contribution is 6.10. The van der Waals surface area contributed by atoms with E-state index in [0.29, 0.717) is 16.8 Å². The fraction of sp³-hybridized carbons (Fsp3) is 0.167. The Labute approximate surface area is 92.8 Å². The van der Waals surface area contributed by atoms with Gasteiger partial charge in [0.1, 0.15) is 6.04 Å². The summed E-state index contributed by atoms with van der Waals surface area (Å²) in [6.45, 7) is 5.24. The molecule has 0 bridgehead atoms. The lowest BCUT2D eigenvalue weighted by atomic mass is 10.1. The third kappa shape index (κ3) is 1.31. The molecule has 0 aliphatic carbocycles. The summed E-state index contributed by atoms with van der Waals surface area (Å²) in [5.74, 6) is -1.34. The van der Waals surface area contributed by atoms with Gasteiger partial charge in [-0.25, -0.2) is 4.79 Å². The second-order valence-corrected chi connectivity index (χ2v) is 3.68. The molecule has 4 heteroatoms. The number of amides is 1. The van der Waals surface area contributed by atoms with Crippen LogP contribution in [0.5, 0.6) is 0 Å². The molecular formula is C12H11NO3. The minimum absolute atomic E-state index is 0.296. The van der Waals surface area contributed by atoms with E-state index in [1.807, 2.05) is 0 Å². The lowest BCUT2D eigenvalue weighted by Crippen LogP contribution is -2.38. The topological polar surface area (TPSA) is 57.6 Å². The molecule has 1 heterocycles. The van der Waals surface area contributed by atoms with Gasteiger partial charge in [-0.2, -0.15) is 0 Å². The summed E-state index contributed by atoms with van der Waals surface area (Å²) in [6.07, 6.45) is 0. The van der Waals surface area contributed by atoms with E-state index in [1.54, 1.807) is 24.3 Å². The van der Waals surface area contributed by atoms with Crippen LogP contribution in [0.25, 0.3) is 5.70 Å². The predicted molar refractivity (Wildman–Crippen MR) is 58.7 cm³/mol. The number of benzene rings is 1. The van der Waals surface area contributed by atoms with Crippen molar-refractivity contribution in [2.75, 3.05) is 0 Å². The minimum atomic E-state index is -1.04. The Morgan fingerprint density at radius 1 is 1.38 bits per heavy atom. The van der Waals surface area contributed by atoms with Gasteiger partial charge in [0.05, 0.1) is 0 Å². The van der Waals surface area contributed by atoms with Crippen molar-refractivity contribution in [3.8, 4) is 0 Å². The van der Waals surface area contributed by atoms with Gasteiger partial charge in [0, 0.05) is 16.8 Å². The van der Waals surface area contributed by atoms with Crippen LogP contribution in [-0.4, -0.2) is 27.9 Å². The Hall–Kier alpha value is -2.10. The van der Waals surface area contributed by atoms with E-state index in [9.17, 15) is 9.59 Å². The molecule has 0 radical (unpaired) electrons. The Balaban J connectivity index is 2.46. The van der Waals surface area contributed by atoms with Crippen LogP contribution in [0.4, 0.5) is 0 Å². The molecule has 0 saturated carbocycles. The van der Waals surface area contributed by atoms with Gasteiger partial charge in [0.15, 0.2) is 0 Å². The molecule has 0 unspecified atom stereocenters. The van der Waals surface area contributed by atoms with Crippen molar-refractivity contribution in [1.82, 2.24) is 4.90 Å². The zero-order valence-corrected chi connectivity index (χ0v) is 8.80. The summed E-state index contributed by atoms with van der Waals surface area (Å²) in [5.41, 5.74) is 1.68. The first kappa shape index (κ1) is 10.4. The number of carboxylic acids is 1. The number of carboxylic acid groups (broad SMARTS) is 1. The molecule has 1 aromatic rings. The SMILES string of the molecule is C=C1c2ccccc2C(=O)N1[C@@H](C)C(=O)O. The van der Waals surface area contributed by atoms with Crippen molar-refractivity contribution in [2.45, 2.75) is 13.0 Å². The largest absolute Gasteiger partial charge is 0.480 e. The summed E-state index contributed by atoms with van der Waals surface area (Å²) in [6, 6.07) is 6.10. The zero-order chi connectivity index (χ0) is 11.9. The van der Waals surface area contributed by atoms with E-state index in [0.717, 1.165) is 0 Å². The smallest absolute Gasteiger partial charge is 0.326 e. The molecular weight excluding hydrogens is 206 g/mol. The van der Waals surface area contributed by atoms with Crippen LogP contribution in [0, 0.1) is 0 Å². The number of carbonyl (C=O) groups is 2. The Bertz CT molecular complexity index is 458. The van der Waals surface area contributed by atoms with Crippen molar-refractivity contribution in [2.24, 2.45) is 0 Å². The lowest BCUT2D eigenvalue weighted by Gasteiger charge is -2.21. The van der Waals surface area contributed by atoms with Crippen molar-refractivity contribution in [3.05, 3.63) is 42.0 Å². The van der Waals surface area contributed by atoms with Crippen molar-refractivity contribution in [3.63, 3.8) is 0 Å². The van der Waals surface area contributed by atoms with Gasteiger partial charge in [0.2, 0.25) is 0 Å². The first-order valence-corrected chi connectivity index (χ1v) is 4.88. The lowest BCUT2D eigenvalue weighted by molar-refractivity contribution is -0.140. The van der Waals surface area contributed by atoms with E-state index >= 15 is 0 Å². The van der Waals surface area contributed by atoms with E-state index in [2.05, 4.69) is 6.58 Å². The number of rotatable bonds is 2. The highest BCUT2D eigenvalue weighted by Gasteiger charge is 2.36. The molecule has 1 aromatic carbocycles. The fourth-order valence-electron chi connectivity index (χ4n) is 1.82. The maximum atomic E-state index is 12.0. The van der Waals surface area contributed by atoms with Gasteiger partial charge in [-0.15, -0.1) is 0 Å². The van der Waals surface area contributed by atoms with Gasteiger partial charge in [-0.05, 0) is 13.0 Å². The second kappa shape index (κ2) is 3.48. The molecule has 1 amide bonds. The maximum absolute atomic E-state index is 12.0. The number of carbonyl (C=O) groups excluding carboxylic acids is 1. The molecule has 16 heavy (non-hydrogen) atoms. The summed E-state index contributed by atoms with van der Waals surface area (Å²) < 4.78 is 0. The predicted octanol–water partition coefficient (Wildman–Crippen LogP) is 1.59. The number of hydrogen-bond acceptors (Lipinski definition) is 2. The highest BCUT2D eigenvalue weighted by Crippen LogP contribution is 2.32. The van der Waals surface area contributed by atoms with Crippen LogP contribution in [0.1, 0.15) is 22.8 Å². The third-order valence-electron chi connectivity index (χ3n) is 2.72. The van der Waals surface area contributed by atoms with Crippen LogP contribution >= 0.6 is 0 Å². The van der Waals surface area contributed by atoms with Crippen molar-refractivity contribution >= 4 is 17.6 Å². The number of hydrogen-bond donors (Lipinski definition) is 1. The average molecular weight is 217 g/mol. The molecule has 0 saturated heterocycles. The first-order valence-electron chi connectivity index (χ1n) is 4.88. The standard InChI is InChI=1S/C12H11NO3/c1-7-9-5-3-4-6-10(9)11(14)13(7)8(2)12(15)16/h3-6,8H,1H2,2H3,(H,15,16)/t8-/m0/s1. The summed E-state index contributed by atoms with van der Waals surface area (Å²) in [5, 5.41) is 8.92. The van der Waals surface area contributed by atoms with Crippen LogP contribution in [0.3, 0.4) is 0 Å². The normalized spacial score (nSPS) is 16.2. The molecule has 82 valence electrons. The minimum Gasteiger partial charge on any atom is -0.480 e. The maximum Gasteiger partial charge on any atom is 0.326 e. The second-order valence-electron chi connectivity index (χ2n) is 3.68. The Morgan fingerprint density at radius 3 is 2.44 bits per heavy atom. The quantitative estimate of drug-likeness (QED) is 0.818. The van der Waals surface area contributed by atoms with Crippen molar-refractivity contribution in [1.29, 1.82) is 0 Å². The van der Waals surface area contributed by atoms with Crippen LogP contribution in [-0.2, 0) is 4.79 Å². The van der Waals surface area contributed by atoms with Gasteiger partial charge in [-0.3, -0.25) is 9.69 Å². The molecule has 4 nitrogen and oxygen atoms in total. The van der Waals surface area contributed by atoms with E-state index in [1.165, 1.54) is 11.8 Å². The molecule has 0 fully saturated rings. The molecule has 1 atom stereocenters. The molecule has 0 aromatic heterocycles. The first-order chi connectivity index (χ1) is 7.54. The van der Waals surface area contributed by atoms with E-state index in [-0.39, 0.29) is 5.91 Å². The number of fused-ring (bicyclic) bond motifs is 1. The van der Waals surface area contributed by atoms with E-state index < -0.39 is 12.0 Å². The van der Waals surface area contributed by atoms with Crippen molar-refractivity contribution < 1.29 is 14.7 Å². The van der Waals surface area contributed by atoms with E-state index in [4.69, 9.17) is 5.11 Å². The molecule has 0 spiro atoms. The van der Waals surface area contributed by atoms with Gasteiger partial charge < -0.3 is 5.11 Å². The zero-order valence-electron chi connectivity index (χ0n) is 8.80. The summed E-state index contributed by atoms with van der Waals surface area (Å²) >= 11 is 0. The van der Waals surface area contributed by atoms with Crippen LogP contribution in [0.2, 0.25) is 0 Å². The third-order valence-corrected chi connectivity index (χ3v) is 2.72. The van der Waals surface area contributed by atoms with Gasteiger partial charge in [0.25, 0.3) is 5.91 Å². The molecule has 2 rings (SSSR count). The average Bonchev–Trinajstić information content (AvgIpc) is 2.52. The molecule has 1 aliphatic heterocycles.